The predicted octanol–water partition coefficient (Wildman–Crippen LogP) is 3.02. The summed E-state index contributed by atoms with van der Waals surface area (Å²) in [5, 5.41) is 3.05. The zero-order valence-corrected chi connectivity index (χ0v) is 13.6. The minimum absolute atomic E-state index is 0.226. The van der Waals surface area contributed by atoms with Crippen molar-refractivity contribution in [3.63, 3.8) is 0 Å². The first-order valence-electron chi connectivity index (χ1n) is 7.96. The van der Waals surface area contributed by atoms with Crippen LogP contribution >= 0.6 is 0 Å². The maximum atomic E-state index is 11.9. The molecule has 1 amide bonds. The van der Waals surface area contributed by atoms with E-state index in [0.29, 0.717) is 5.92 Å². The lowest BCUT2D eigenvalue weighted by Crippen LogP contribution is -2.56. The SMILES string of the molecule is CC1CC(N2CC(C)CC(NC(=O)OC(C)(C)C)C2)C1. The molecular formula is C16H30N2O2. The van der Waals surface area contributed by atoms with Gasteiger partial charge < -0.3 is 10.1 Å². The van der Waals surface area contributed by atoms with Gasteiger partial charge in [0.25, 0.3) is 0 Å². The van der Waals surface area contributed by atoms with Crippen LogP contribution in [-0.4, -0.2) is 41.8 Å². The summed E-state index contributed by atoms with van der Waals surface area (Å²) in [4.78, 5) is 14.5. The number of amides is 1. The van der Waals surface area contributed by atoms with Crippen LogP contribution in [0.1, 0.15) is 53.9 Å². The van der Waals surface area contributed by atoms with Crippen LogP contribution in [0.4, 0.5) is 4.79 Å². The normalized spacial score (nSPS) is 35.2. The average Bonchev–Trinajstić information content (AvgIpc) is 2.20. The lowest BCUT2D eigenvalue weighted by atomic mass is 9.79. The number of ether oxygens (including phenoxy) is 1. The van der Waals surface area contributed by atoms with E-state index in [1.54, 1.807) is 0 Å². The Kier molecular flexibility index (Phi) is 4.62. The van der Waals surface area contributed by atoms with E-state index in [1.165, 1.54) is 19.4 Å². The van der Waals surface area contributed by atoms with Crippen LogP contribution in [0.5, 0.6) is 0 Å². The van der Waals surface area contributed by atoms with E-state index in [2.05, 4.69) is 24.1 Å². The third kappa shape index (κ3) is 4.37. The van der Waals surface area contributed by atoms with Gasteiger partial charge >= 0.3 is 6.09 Å². The highest BCUT2D eigenvalue weighted by Gasteiger charge is 2.36. The summed E-state index contributed by atoms with van der Waals surface area (Å²) in [6.45, 7) is 12.4. The number of nitrogens with one attached hydrogen (secondary N) is 1. The smallest absolute Gasteiger partial charge is 0.407 e. The summed E-state index contributed by atoms with van der Waals surface area (Å²) in [7, 11) is 0. The topological polar surface area (TPSA) is 41.6 Å². The molecule has 0 aromatic heterocycles. The molecule has 20 heavy (non-hydrogen) atoms. The Labute approximate surface area is 123 Å². The van der Waals surface area contributed by atoms with Gasteiger partial charge in [-0.25, -0.2) is 4.79 Å². The summed E-state index contributed by atoms with van der Waals surface area (Å²) < 4.78 is 5.36. The summed E-state index contributed by atoms with van der Waals surface area (Å²) in [6.07, 6.45) is 3.40. The molecule has 4 heteroatoms. The molecule has 1 aliphatic heterocycles. The van der Waals surface area contributed by atoms with E-state index in [-0.39, 0.29) is 12.1 Å². The number of likely N-dealkylation sites (tertiary alicyclic amines) is 1. The monoisotopic (exact) mass is 282 g/mol. The summed E-state index contributed by atoms with van der Waals surface area (Å²) in [6, 6.07) is 0.959. The molecule has 4 nitrogen and oxygen atoms in total. The van der Waals surface area contributed by atoms with Crippen LogP contribution in [-0.2, 0) is 4.74 Å². The molecule has 1 saturated heterocycles. The second-order valence-electron chi connectivity index (χ2n) is 7.87. The fourth-order valence-electron chi connectivity index (χ4n) is 3.43. The average molecular weight is 282 g/mol. The molecule has 2 unspecified atom stereocenters. The Balaban J connectivity index is 1.83. The van der Waals surface area contributed by atoms with Crippen molar-refractivity contribution in [1.29, 1.82) is 0 Å². The zero-order chi connectivity index (χ0) is 14.9. The van der Waals surface area contributed by atoms with Crippen molar-refractivity contribution in [1.82, 2.24) is 10.2 Å². The van der Waals surface area contributed by atoms with Gasteiger partial charge in [-0.15, -0.1) is 0 Å². The first-order valence-corrected chi connectivity index (χ1v) is 7.96. The molecular weight excluding hydrogens is 252 g/mol. The van der Waals surface area contributed by atoms with Gasteiger partial charge in [0.15, 0.2) is 0 Å². The van der Waals surface area contributed by atoms with Gasteiger partial charge in [0.05, 0.1) is 0 Å². The number of carbonyl (C=O) groups is 1. The third-order valence-corrected chi connectivity index (χ3v) is 4.27. The van der Waals surface area contributed by atoms with Crippen molar-refractivity contribution in [3.05, 3.63) is 0 Å². The number of rotatable bonds is 2. The van der Waals surface area contributed by atoms with E-state index in [4.69, 9.17) is 4.74 Å². The van der Waals surface area contributed by atoms with Crippen molar-refractivity contribution in [2.24, 2.45) is 11.8 Å². The molecule has 2 aliphatic rings. The van der Waals surface area contributed by atoms with Crippen LogP contribution < -0.4 is 5.32 Å². The number of hydrogen-bond acceptors (Lipinski definition) is 3. The minimum atomic E-state index is -0.423. The van der Waals surface area contributed by atoms with Gasteiger partial charge in [0.1, 0.15) is 5.60 Å². The van der Waals surface area contributed by atoms with Gasteiger partial charge in [-0.05, 0) is 51.9 Å². The third-order valence-electron chi connectivity index (χ3n) is 4.27. The van der Waals surface area contributed by atoms with E-state index >= 15 is 0 Å². The van der Waals surface area contributed by atoms with E-state index in [1.807, 2.05) is 20.8 Å². The molecule has 2 fully saturated rings. The van der Waals surface area contributed by atoms with Crippen molar-refractivity contribution in [2.45, 2.75) is 71.6 Å². The summed E-state index contributed by atoms with van der Waals surface area (Å²) >= 11 is 0. The standard InChI is InChI=1S/C16H30N2O2/c1-11-7-14(8-11)18-9-12(2)6-13(10-18)17-15(19)20-16(3,4)5/h11-14H,6-10H2,1-5H3,(H,17,19). The van der Waals surface area contributed by atoms with Crippen molar-refractivity contribution >= 4 is 6.09 Å². The minimum Gasteiger partial charge on any atom is -0.444 e. The molecule has 1 heterocycles. The number of alkyl carbamates (subject to hydrolysis) is 1. The highest BCUT2D eigenvalue weighted by atomic mass is 16.6. The van der Waals surface area contributed by atoms with Crippen molar-refractivity contribution < 1.29 is 9.53 Å². The largest absolute Gasteiger partial charge is 0.444 e. The molecule has 1 N–H and O–H groups in total. The van der Waals surface area contributed by atoms with Crippen LogP contribution in [0.15, 0.2) is 0 Å². The second-order valence-corrected chi connectivity index (χ2v) is 7.87. The van der Waals surface area contributed by atoms with Gasteiger partial charge in [0, 0.05) is 25.2 Å². The maximum Gasteiger partial charge on any atom is 0.407 e. The molecule has 116 valence electrons. The first kappa shape index (κ1) is 15.6. The van der Waals surface area contributed by atoms with Crippen LogP contribution in [0.2, 0.25) is 0 Å². The number of piperidine rings is 1. The number of hydrogen-bond donors (Lipinski definition) is 1. The quantitative estimate of drug-likeness (QED) is 0.846. The molecule has 1 aliphatic carbocycles. The summed E-state index contributed by atoms with van der Waals surface area (Å²) in [5.41, 5.74) is -0.423. The highest BCUT2D eigenvalue weighted by molar-refractivity contribution is 5.68. The molecule has 1 saturated carbocycles. The Morgan fingerprint density at radius 1 is 1.10 bits per heavy atom. The van der Waals surface area contributed by atoms with Crippen molar-refractivity contribution in [2.75, 3.05) is 13.1 Å². The second kappa shape index (κ2) is 5.92. The fraction of sp³-hybridized carbons (Fsp3) is 0.938. The van der Waals surface area contributed by atoms with E-state index in [9.17, 15) is 4.79 Å². The number of carbonyl (C=O) groups excluding carboxylic acids is 1. The zero-order valence-electron chi connectivity index (χ0n) is 13.6. The van der Waals surface area contributed by atoms with E-state index < -0.39 is 5.60 Å². The fourth-order valence-corrected chi connectivity index (χ4v) is 3.43. The van der Waals surface area contributed by atoms with Crippen molar-refractivity contribution in [3.8, 4) is 0 Å². The molecule has 0 aromatic rings. The molecule has 2 rings (SSSR count). The lowest BCUT2D eigenvalue weighted by Gasteiger charge is -2.47. The van der Waals surface area contributed by atoms with Gasteiger partial charge in [-0.3, -0.25) is 4.90 Å². The Hall–Kier alpha value is -0.770. The van der Waals surface area contributed by atoms with Gasteiger partial charge in [-0.2, -0.15) is 0 Å². The van der Waals surface area contributed by atoms with Crippen LogP contribution in [0.25, 0.3) is 0 Å². The van der Waals surface area contributed by atoms with Crippen LogP contribution in [0, 0.1) is 11.8 Å². The Morgan fingerprint density at radius 2 is 1.75 bits per heavy atom. The molecule has 2 atom stereocenters. The molecule has 0 spiro atoms. The Bertz CT molecular complexity index is 345. The molecule has 0 radical (unpaired) electrons. The maximum absolute atomic E-state index is 11.9. The number of nitrogens with zero attached hydrogens (tertiary/aromatic N) is 1. The van der Waals surface area contributed by atoms with Gasteiger partial charge in [-0.1, -0.05) is 13.8 Å². The molecule has 0 aromatic carbocycles. The molecule has 0 bridgehead atoms. The predicted molar refractivity (Wildman–Crippen MR) is 80.7 cm³/mol. The van der Waals surface area contributed by atoms with E-state index in [0.717, 1.165) is 24.9 Å². The van der Waals surface area contributed by atoms with Gasteiger partial charge in [0.2, 0.25) is 0 Å². The first-order chi connectivity index (χ1) is 9.23. The van der Waals surface area contributed by atoms with Crippen LogP contribution in [0.3, 0.4) is 0 Å². The highest BCUT2D eigenvalue weighted by Crippen LogP contribution is 2.33. The lowest BCUT2D eigenvalue weighted by molar-refractivity contribution is 0.0248. The summed E-state index contributed by atoms with van der Waals surface area (Å²) in [5.74, 6) is 1.51. The Morgan fingerprint density at radius 3 is 2.30 bits per heavy atom.